The quantitative estimate of drug-likeness (QED) is 0.279. The molecule has 0 spiro atoms. The number of hydrogen-bond donors (Lipinski definition) is 1. The van der Waals surface area contributed by atoms with Gasteiger partial charge in [-0.2, -0.15) is 0 Å². The van der Waals surface area contributed by atoms with Gasteiger partial charge >= 0.3 is 17.6 Å². The molecular weight excluding hydrogens is 482 g/mol. The molecule has 11 heteroatoms. The highest BCUT2D eigenvalue weighted by atomic mass is 16.5. The smallest absolute Gasteiger partial charge is 0.375 e. The molecule has 0 atom stereocenters. The summed E-state index contributed by atoms with van der Waals surface area (Å²) in [5, 5.41) is 0.712. The fourth-order valence-electron chi connectivity index (χ4n) is 3.87. The van der Waals surface area contributed by atoms with Crippen LogP contribution in [0.5, 0.6) is 0 Å². The van der Waals surface area contributed by atoms with Crippen LogP contribution in [0, 0.1) is 6.92 Å². The number of rotatable bonds is 8. The number of fused-ring (bicyclic) bond motifs is 1. The topological polar surface area (TPSA) is 153 Å². The fourth-order valence-corrected chi connectivity index (χ4v) is 3.87. The molecule has 0 saturated carbocycles. The fraction of sp³-hybridized carbons (Fsp3) is 0.192. The number of ketones is 1. The van der Waals surface area contributed by atoms with E-state index < -0.39 is 53.5 Å². The Morgan fingerprint density at radius 1 is 0.973 bits per heavy atom. The van der Waals surface area contributed by atoms with E-state index in [1.807, 2.05) is 0 Å². The van der Waals surface area contributed by atoms with Gasteiger partial charge in [-0.3, -0.25) is 19.0 Å². The predicted molar refractivity (Wildman–Crippen MR) is 132 cm³/mol. The van der Waals surface area contributed by atoms with Crippen molar-refractivity contribution in [3.63, 3.8) is 0 Å². The third kappa shape index (κ3) is 4.92. The Bertz CT molecular complexity index is 1630. The number of ether oxygens (including phenoxy) is 2. The van der Waals surface area contributed by atoms with Crippen LogP contribution < -0.4 is 17.0 Å². The van der Waals surface area contributed by atoms with E-state index in [0.717, 1.165) is 11.7 Å². The van der Waals surface area contributed by atoms with Crippen molar-refractivity contribution in [3.05, 3.63) is 97.9 Å². The molecule has 0 saturated heterocycles. The number of aromatic nitrogens is 2. The van der Waals surface area contributed by atoms with E-state index in [0.29, 0.717) is 26.7 Å². The van der Waals surface area contributed by atoms with E-state index in [9.17, 15) is 24.0 Å². The first-order valence-corrected chi connectivity index (χ1v) is 11.1. The van der Waals surface area contributed by atoms with Crippen molar-refractivity contribution in [1.82, 2.24) is 9.13 Å². The Labute approximate surface area is 209 Å². The normalized spacial score (nSPS) is 10.9. The Morgan fingerprint density at radius 2 is 1.65 bits per heavy atom. The van der Waals surface area contributed by atoms with E-state index in [1.54, 1.807) is 61.5 Å². The Hall–Kier alpha value is -4.93. The molecular formula is C26H23N3O8. The second kappa shape index (κ2) is 10.4. The first-order chi connectivity index (χ1) is 17.7. The van der Waals surface area contributed by atoms with Crippen molar-refractivity contribution in [2.24, 2.45) is 0 Å². The van der Waals surface area contributed by atoms with Crippen LogP contribution in [0.15, 0.2) is 68.6 Å². The van der Waals surface area contributed by atoms with E-state index >= 15 is 0 Å². The first-order valence-electron chi connectivity index (χ1n) is 11.1. The number of nitrogen functional groups attached to an aromatic ring is 1. The molecule has 0 fully saturated rings. The SMILES string of the molecule is COC(=O)Cn1c(=O)c(C(=O)COC(=O)c2oc3ccccc3c2C)c(N)n(Cc2ccccc2)c1=O. The van der Waals surface area contributed by atoms with Gasteiger partial charge < -0.3 is 19.6 Å². The number of benzene rings is 2. The maximum atomic E-state index is 13.1. The van der Waals surface area contributed by atoms with Crippen molar-refractivity contribution in [2.45, 2.75) is 20.0 Å². The summed E-state index contributed by atoms with van der Waals surface area (Å²) in [5.74, 6) is -3.24. The number of carbonyl (C=O) groups is 3. The average molecular weight is 505 g/mol. The molecule has 0 aliphatic rings. The second-order valence-corrected chi connectivity index (χ2v) is 8.13. The number of anilines is 1. The van der Waals surface area contributed by atoms with Gasteiger partial charge in [0.05, 0.1) is 13.7 Å². The molecule has 11 nitrogen and oxygen atoms in total. The van der Waals surface area contributed by atoms with E-state index in [4.69, 9.17) is 14.9 Å². The van der Waals surface area contributed by atoms with Crippen LogP contribution in [0.2, 0.25) is 0 Å². The van der Waals surface area contributed by atoms with Gasteiger partial charge in [0.25, 0.3) is 5.56 Å². The molecule has 37 heavy (non-hydrogen) atoms. The molecule has 190 valence electrons. The number of aryl methyl sites for hydroxylation is 1. The number of hydrogen-bond acceptors (Lipinski definition) is 9. The molecule has 2 heterocycles. The van der Waals surface area contributed by atoms with Gasteiger partial charge in [-0.1, -0.05) is 48.5 Å². The molecule has 4 aromatic rings. The van der Waals surface area contributed by atoms with Gasteiger partial charge in [-0.25, -0.2) is 14.2 Å². The van der Waals surface area contributed by atoms with Crippen LogP contribution in [-0.2, 0) is 27.4 Å². The highest BCUT2D eigenvalue weighted by molar-refractivity contribution is 6.03. The minimum atomic E-state index is -1.10. The largest absolute Gasteiger partial charge is 0.468 e. The summed E-state index contributed by atoms with van der Waals surface area (Å²) in [6.45, 7) is 0.0103. The lowest BCUT2D eigenvalue weighted by Crippen LogP contribution is -2.46. The lowest BCUT2D eigenvalue weighted by Gasteiger charge is -2.16. The Morgan fingerprint density at radius 3 is 2.32 bits per heavy atom. The maximum absolute atomic E-state index is 13.1. The molecule has 2 aromatic carbocycles. The Balaban J connectivity index is 1.68. The molecule has 0 amide bonds. The van der Waals surface area contributed by atoms with Crippen LogP contribution in [-0.4, -0.2) is 40.6 Å². The van der Waals surface area contributed by atoms with Gasteiger partial charge in [0.2, 0.25) is 11.5 Å². The third-order valence-electron chi connectivity index (χ3n) is 5.81. The van der Waals surface area contributed by atoms with Crippen LogP contribution >= 0.6 is 0 Å². The molecule has 0 unspecified atom stereocenters. The Kier molecular flexibility index (Phi) is 7.05. The van der Waals surface area contributed by atoms with Gasteiger partial charge in [0.1, 0.15) is 23.5 Å². The number of methoxy groups -OCH3 is 1. The average Bonchev–Trinajstić information content (AvgIpc) is 3.24. The van der Waals surface area contributed by atoms with Gasteiger partial charge in [0.15, 0.2) is 6.61 Å². The highest BCUT2D eigenvalue weighted by Crippen LogP contribution is 2.25. The minimum absolute atomic E-state index is 0.0782. The van der Waals surface area contributed by atoms with E-state index in [-0.39, 0.29) is 12.3 Å². The van der Waals surface area contributed by atoms with Gasteiger partial charge in [-0.05, 0) is 18.6 Å². The zero-order chi connectivity index (χ0) is 26.7. The molecule has 2 aromatic heterocycles. The summed E-state index contributed by atoms with van der Waals surface area (Å²) in [4.78, 5) is 63.7. The number of carbonyl (C=O) groups excluding carboxylic acids is 3. The lowest BCUT2D eigenvalue weighted by molar-refractivity contribution is -0.141. The molecule has 0 aliphatic heterocycles. The molecule has 4 rings (SSSR count). The van der Waals surface area contributed by atoms with E-state index in [1.165, 1.54) is 0 Å². The van der Waals surface area contributed by atoms with E-state index in [2.05, 4.69) is 4.74 Å². The number of Topliss-reactive ketones (excluding diaryl/α,β-unsaturated/α-hetero) is 1. The third-order valence-corrected chi connectivity index (χ3v) is 5.81. The molecule has 0 aliphatic carbocycles. The summed E-state index contributed by atoms with van der Waals surface area (Å²) < 4.78 is 16.8. The second-order valence-electron chi connectivity index (χ2n) is 8.13. The number of furan rings is 1. The van der Waals surface area contributed by atoms with Crippen molar-refractivity contribution < 1.29 is 28.3 Å². The van der Waals surface area contributed by atoms with Crippen molar-refractivity contribution >= 4 is 34.5 Å². The lowest BCUT2D eigenvalue weighted by atomic mass is 10.1. The number of nitrogens with two attached hydrogens (primary N) is 1. The summed E-state index contributed by atoms with van der Waals surface area (Å²) in [5.41, 5.74) is 5.19. The van der Waals surface area contributed by atoms with Gasteiger partial charge in [0, 0.05) is 10.9 Å². The van der Waals surface area contributed by atoms with Gasteiger partial charge in [-0.15, -0.1) is 0 Å². The molecule has 0 radical (unpaired) electrons. The number of nitrogens with zero attached hydrogens (tertiary/aromatic N) is 2. The predicted octanol–water partition coefficient (Wildman–Crippen LogP) is 1.91. The zero-order valence-electron chi connectivity index (χ0n) is 20.1. The first kappa shape index (κ1) is 25.2. The highest BCUT2D eigenvalue weighted by Gasteiger charge is 2.26. The van der Waals surface area contributed by atoms with Crippen LogP contribution in [0.3, 0.4) is 0 Å². The van der Waals surface area contributed by atoms with Crippen LogP contribution in [0.1, 0.15) is 32.0 Å². The number of para-hydroxylation sites is 1. The maximum Gasteiger partial charge on any atom is 0.375 e. The van der Waals surface area contributed by atoms with Crippen molar-refractivity contribution in [2.75, 3.05) is 19.5 Å². The van der Waals surface area contributed by atoms with Crippen molar-refractivity contribution in [3.8, 4) is 0 Å². The summed E-state index contributed by atoms with van der Waals surface area (Å²) in [7, 11) is 1.10. The van der Waals surface area contributed by atoms with Crippen LogP contribution in [0.25, 0.3) is 11.0 Å². The minimum Gasteiger partial charge on any atom is -0.468 e. The van der Waals surface area contributed by atoms with Crippen LogP contribution in [0.4, 0.5) is 5.82 Å². The summed E-state index contributed by atoms with van der Waals surface area (Å²) in [6, 6.07) is 15.7. The summed E-state index contributed by atoms with van der Waals surface area (Å²) >= 11 is 0. The number of esters is 2. The molecule has 2 N–H and O–H groups in total. The standard InChI is InChI=1S/C26H23N3O8/c1-15-17-10-6-7-11-19(17)37-22(15)25(33)36-14-18(30)21-23(27)28(12-16-8-4-3-5-9-16)26(34)29(24(21)32)13-20(31)35-2/h3-11H,12-14,27H2,1-2H3. The molecule has 0 bridgehead atoms. The zero-order valence-corrected chi connectivity index (χ0v) is 20.1. The van der Waals surface area contributed by atoms with Crippen molar-refractivity contribution in [1.29, 1.82) is 0 Å². The monoisotopic (exact) mass is 505 g/mol. The summed E-state index contributed by atoms with van der Waals surface area (Å²) in [6.07, 6.45) is 0.